The molecule has 2 saturated carbocycles. The van der Waals surface area contributed by atoms with E-state index >= 15 is 0 Å². The van der Waals surface area contributed by atoms with E-state index in [-0.39, 0.29) is 17.4 Å². The van der Waals surface area contributed by atoms with Gasteiger partial charge in [0.2, 0.25) is 5.75 Å². The normalized spacial score (nSPS) is 19.3. The molecule has 0 spiro atoms. The molecule has 27 heavy (non-hydrogen) atoms. The second kappa shape index (κ2) is 8.98. The predicted molar refractivity (Wildman–Crippen MR) is 95.4 cm³/mol. The van der Waals surface area contributed by atoms with Crippen molar-refractivity contribution in [1.82, 2.24) is 0 Å². The van der Waals surface area contributed by atoms with Crippen LogP contribution in [-0.4, -0.2) is 12.5 Å². The van der Waals surface area contributed by atoms with Gasteiger partial charge in [-0.05, 0) is 68.9 Å². The van der Waals surface area contributed by atoms with Crippen molar-refractivity contribution in [3.63, 3.8) is 0 Å². The van der Waals surface area contributed by atoms with Crippen LogP contribution in [-0.2, 0) is 6.42 Å². The molecule has 0 N–H and O–H groups in total. The standard InChI is InChI=1S/C21H26F4O2/c22-19-16(10-4-3-9-15-7-1-2-8-15)13-14-18(20(19)27-21(23,24)25)26-17-11-5-6-12-17/h3,9,13-15,17H,1-2,4-8,10-12H2/b9-3+. The monoisotopic (exact) mass is 386 g/mol. The molecule has 0 radical (unpaired) electrons. The quantitative estimate of drug-likeness (QED) is 0.382. The third kappa shape index (κ3) is 5.88. The lowest BCUT2D eigenvalue weighted by molar-refractivity contribution is -0.276. The molecule has 2 aliphatic carbocycles. The molecule has 2 aliphatic rings. The first-order valence-corrected chi connectivity index (χ1v) is 9.83. The summed E-state index contributed by atoms with van der Waals surface area (Å²) < 4.78 is 62.6. The van der Waals surface area contributed by atoms with Crippen LogP contribution in [0.5, 0.6) is 11.5 Å². The lowest BCUT2D eigenvalue weighted by atomic mass is 10.0. The Hall–Kier alpha value is -1.72. The summed E-state index contributed by atoms with van der Waals surface area (Å²) in [6.07, 6.45) is 8.23. The van der Waals surface area contributed by atoms with Gasteiger partial charge in [-0.1, -0.05) is 31.1 Å². The summed E-state index contributed by atoms with van der Waals surface area (Å²) in [5, 5.41) is 0. The van der Waals surface area contributed by atoms with E-state index in [1.807, 2.05) is 6.08 Å². The SMILES string of the molecule is Fc1c(CC/C=C/C2CCCC2)ccc(OC2CCCC2)c1OC(F)(F)F. The van der Waals surface area contributed by atoms with E-state index in [0.717, 1.165) is 25.7 Å². The molecule has 2 nitrogen and oxygen atoms in total. The number of allylic oxidation sites excluding steroid dienone is 2. The van der Waals surface area contributed by atoms with Gasteiger partial charge in [-0.15, -0.1) is 13.2 Å². The molecule has 6 heteroatoms. The third-order valence-corrected chi connectivity index (χ3v) is 5.34. The first-order chi connectivity index (χ1) is 12.9. The summed E-state index contributed by atoms with van der Waals surface area (Å²) in [4.78, 5) is 0. The highest BCUT2D eigenvalue weighted by Crippen LogP contribution is 2.39. The fourth-order valence-corrected chi connectivity index (χ4v) is 3.94. The summed E-state index contributed by atoms with van der Waals surface area (Å²) in [5.74, 6) is -1.40. The highest BCUT2D eigenvalue weighted by atomic mass is 19.4. The van der Waals surface area contributed by atoms with Crippen LogP contribution in [0.15, 0.2) is 24.3 Å². The Balaban J connectivity index is 1.70. The van der Waals surface area contributed by atoms with Crippen molar-refractivity contribution in [2.75, 3.05) is 0 Å². The molecule has 0 aromatic heterocycles. The van der Waals surface area contributed by atoms with E-state index in [1.165, 1.54) is 37.8 Å². The molecule has 0 unspecified atom stereocenters. The maximum absolute atomic E-state index is 14.7. The first kappa shape index (κ1) is 20.0. The Morgan fingerprint density at radius 1 is 1.00 bits per heavy atom. The van der Waals surface area contributed by atoms with Crippen molar-refractivity contribution >= 4 is 0 Å². The van der Waals surface area contributed by atoms with Gasteiger partial charge in [-0.25, -0.2) is 4.39 Å². The topological polar surface area (TPSA) is 18.5 Å². The average Bonchev–Trinajstić information content (AvgIpc) is 3.29. The number of hydrogen-bond acceptors (Lipinski definition) is 2. The van der Waals surface area contributed by atoms with Gasteiger partial charge in [-0.3, -0.25) is 0 Å². The molecule has 150 valence electrons. The fourth-order valence-electron chi connectivity index (χ4n) is 3.94. The molecule has 0 bridgehead atoms. The average molecular weight is 386 g/mol. The van der Waals surface area contributed by atoms with Gasteiger partial charge in [0.05, 0.1) is 6.10 Å². The summed E-state index contributed by atoms with van der Waals surface area (Å²) >= 11 is 0. The van der Waals surface area contributed by atoms with E-state index in [9.17, 15) is 17.6 Å². The molecule has 1 aromatic carbocycles. The molecule has 1 aromatic rings. The second-order valence-electron chi connectivity index (χ2n) is 7.45. The number of rotatable bonds is 7. The predicted octanol–water partition coefficient (Wildman–Crippen LogP) is 6.72. The molecule has 2 fully saturated rings. The fraction of sp³-hybridized carbons (Fsp3) is 0.619. The van der Waals surface area contributed by atoms with Gasteiger partial charge in [0, 0.05) is 0 Å². The molecular formula is C21H26F4O2. The van der Waals surface area contributed by atoms with Crippen molar-refractivity contribution in [1.29, 1.82) is 0 Å². The van der Waals surface area contributed by atoms with Crippen LogP contribution in [0.2, 0.25) is 0 Å². The maximum Gasteiger partial charge on any atom is 0.573 e. The second-order valence-corrected chi connectivity index (χ2v) is 7.45. The number of hydrogen-bond donors (Lipinski definition) is 0. The Morgan fingerprint density at radius 2 is 1.67 bits per heavy atom. The molecule has 0 aliphatic heterocycles. The highest BCUT2D eigenvalue weighted by molar-refractivity contribution is 5.45. The largest absolute Gasteiger partial charge is 0.573 e. The van der Waals surface area contributed by atoms with Gasteiger partial charge >= 0.3 is 6.36 Å². The zero-order valence-corrected chi connectivity index (χ0v) is 15.4. The van der Waals surface area contributed by atoms with E-state index in [0.29, 0.717) is 18.8 Å². The van der Waals surface area contributed by atoms with Crippen molar-refractivity contribution < 1.29 is 27.0 Å². The third-order valence-electron chi connectivity index (χ3n) is 5.34. The van der Waals surface area contributed by atoms with Gasteiger partial charge in [-0.2, -0.15) is 0 Å². The van der Waals surface area contributed by atoms with E-state index in [2.05, 4.69) is 10.8 Å². The van der Waals surface area contributed by atoms with E-state index < -0.39 is 17.9 Å². The summed E-state index contributed by atoms with van der Waals surface area (Å²) in [7, 11) is 0. The van der Waals surface area contributed by atoms with E-state index in [1.54, 1.807) is 0 Å². The zero-order valence-electron chi connectivity index (χ0n) is 15.4. The summed E-state index contributed by atoms with van der Waals surface area (Å²) in [5.41, 5.74) is 0.212. The number of aryl methyl sites for hydroxylation is 1. The Bertz CT molecular complexity index is 642. The lowest BCUT2D eigenvalue weighted by Crippen LogP contribution is -2.20. The van der Waals surface area contributed by atoms with E-state index in [4.69, 9.17) is 4.74 Å². The minimum absolute atomic E-state index is 0.165. The van der Waals surface area contributed by atoms with Crippen LogP contribution in [0.4, 0.5) is 17.6 Å². The van der Waals surface area contributed by atoms with Crippen LogP contribution in [0.1, 0.15) is 63.4 Å². The molecular weight excluding hydrogens is 360 g/mol. The number of ether oxygens (including phenoxy) is 2. The molecule has 3 rings (SSSR count). The molecule has 0 heterocycles. The molecule has 0 saturated heterocycles. The summed E-state index contributed by atoms with van der Waals surface area (Å²) in [6.45, 7) is 0. The maximum atomic E-state index is 14.7. The number of benzene rings is 1. The molecule has 0 amide bonds. The number of halogens is 4. The van der Waals surface area contributed by atoms with Crippen molar-refractivity contribution in [3.05, 3.63) is 35.7 Å². The van der Waals surface area contributed by atoms with Crippen LogP contribution in [0, 0.1) is 11.7 Å². The van der Waals surface area contributed by atoms with Gasteiger partial charge in [0.1, 0.15) is 0 Å². The Labute approximate surface area is 157 Å². The van der Waals surface area contributed by atoms with Crippen LogP contribution in [0.3, 0.4) is 0 Å². The summed E-state index contributed by atoms with van der Waals surface area (Å²) in [6, 6.07) is 2.91. The van der Waals surface area contributed by atoms with Crippen molar-refractivity contribution in [2.45, 2.75) is 76.7 Å². The molecule has 0 atom stereocenters. The van der Waals surface area contributed by atoms with Gasteiger partial charge in [0.15, 0.2) is 11.6 Å². The zero-order chi connectivity index (χ0) is 19.3. The van der Waals surface area contributed by atoms with Gasteiger partial charge < -0.3 is 9.47 Å². The first-order valence-electron chi connectivity index (χ1n) is 9.83. The van der Waals surface area contributed by atoms with Crippen LogP contribution in [0.25, 0.3) is 0 Å². The van der Waals surface area contributed by atoms with Crippen LogP contribution < -0.4 is 9.47 Å². The van der Waals surface area contributed by atoms with Crippen LogP contribution >= 0.6 is 0 Å². The minimum atomic E-state index is -4.96. The Kier molecular flexibility index (Phi) is 6.66. The lowest BCUT2D eigenvalue weighted by Gasteiger charge is -2.19. The van der Waals surface area contributed by atoms with Crippen molar-refractivity contribution in [2.24, 2.45) is 5.92 Å². The Morgan fingerprint density at radius 3 is 2.33 bits per heavy atom. The smallest absolute Gasteiger partial charge is 0.486 e. The number of alkyl halides is 3. The highest BCUT2D eigenvalue weighted by Gasteiger charge is 2.35. The van der Waals surface area contributed by atoms with Crippen molar-refractivity contribution in [3.8, 4) is 11.5 Å². The minimum Gasteiger partial charge on any atom is -0.486 e. The van der Waals surface area contributed by atoms with Gasteiger partial charge in [0.25, 0.3) is 0 Å².